The number of hydrogen-bond acceptors (Lipinski definition) is 2. The summed E-state index contributed by atoms with van der Waals surface area (Å²) in [5.74, 6) is 0.249. The van der Waals surface area contributed by atoms with E-state index in [0.717, 1.165) is 44.5 Å². The van der Waals surface area contributed by atoms with E-state index in [0.29, 0.717) is 18.6 Å². The Morgan fingerprint density at radius 2 is 1.76 bits per heavy atom. The molecule has 0 N–H and O–H groups in total. The Kier molecular flexibility index (Phi) is 4.62. The van der Waals surface area contributed by atoms with Crippen LogP contribution in [0, 0.1) is 0 Å². The Labute approximate surface area is 150 Å². The number of fused-ring (bicyclic) bond motifs is 1. The van der Waals surface area contributed by atoms with E-state index < -0.39 is 0 Å². The van der Waals surface area contributed by atoms with Crippen LogP contribution in [0.4, 0.5) is 5.69 Å². The number of aryl methyl sites for hydroxylation is 1. The fraction of sp³-hybridized carbons (Fsp3) is 0.476. The highest BCUT2D eigenvalue weighted by molar-refractivity contribution is 5.96. The molecule has 1 saturated heterocycles. The maximum absolute atomic E-state index is 13.0. The van der Waals surface area contributed by atoms with Crippen LogP contribution in [0.3, 0.4) is 0 Å². The second-order valence-electron chi connectivity index (χ2n) is 7.42. The quantitative estimate of drug-likeness (QED) is 0.858. The lowest BCUT2D eigenvalue weighted by Crippen LogP contribution is -2.48. The molecule has 3 heterocycles. The molecule has 4 rings (SSSR count). The molecule has 0 spiro atoms. The van der Waals surface area contributed by atoms with Crippen LogP contribution >= 0.6 is 0 Å². The Balaban J connectivity index is 1.40. The van der Waals surface area contributed by atoms with Crippen LogP contribution in [-0.2, 0) is 11.2 Å². The lowest BCUT2D eigenvalue weighted by molar-refractivity contribution is -0.120. The van der Waals surface area contributed by atoms with E-state index in [9.17, 15) is 4.79 Å². The first-order valence-corrected chi connectivity index (χ1v) is 9.47. The molecule has 1 amide bonds. The van der Waals surface area contributed by atoms with Gasteiger partial charge in [-0.3, -0.25) is 9.69 Å². The van der Waals surface area contributed by atoms with Gasteiger partial charge in [0.15, 0.2) is 0 Å². The summed E-state index contributed by atoms with van der Waals surface area (Å²) < 4.78 is 2.31. The minimum atomic E-state index is 0.249. The molecule has 0 radical (unpaired) electrons. The molecule has 0 aliphatic carbocycles. The van der Waals surface area contributed by atoms with Gasteiger partial charge in [0.25, 0.3) is 0 Å². The number of aromatic nitrogens is 1. The summed E-state index contributed by atoms with van der Waals surface area (Å²) in [7, 11) is 0. The minimum Gasteiger partial charge on any atom is -0.351 e. The standard InChI is InChI=1S/C21H27N3O/c1-17-8-9-18-6-2-3-7-20(18)24(17)21(25)16-22-14-10-19(11-15-22)23-12-4-5-13-23/h2-7,12-13,17,19H,8-11,14-16H2,1H3/t17-/m0/s1. The predicted molar refractivity (Wildman–Crippen MR) is 101 cm³/mol. The molecule has 4 nitrogen and oxygen atoms in total. The number of carbonyl (C=O) groups excluding carboxylic acids is 1. The average molecular weight is 337 g/mol. The zero-order valence-corrected chi connectivity index (χ0v) is 15.0. The number of hydrogen-bond donors (Lipinski definition) is 0. The van der Waals surface area contributed by atoms with E-state index in [2.05, 4.69) is 59.1 Å². The van der Waals surface area contributed by atoms with E-state index in [1.54, 1.807) is 0 Å². The van der Waals surface area contributed by atoms with Gasteiger partial charge in [-0.1, -0.05) is 18.2 Å². The highest BCUT2D eigenvalue weighted by atomic mass is 16.2. The normalized spacial score (nSPS) is 22.0. The lowest BCUT2D eigenvalue weighted by Gasteiger charge is -2.38. The summed E-state index contributed by atoms with van der Waals surface area (Å²) in [4.78, 5) is 17.4. The van der Waals surface area contributed by atoms with Crippen molar-refractivity contribution < 1.29 is 4.79 Å². The summed E-state index contributed by atoms with van der Waals surface area (Å²) >= 11 is 0. The van der Waals surface area contributed by atoms with Gasteiger partial charge in [0.1, 0.15) is 0 Å². The SMILES string of the molecule is C[C@H]1CCc2ccccc2N1C(=O)CN1CCC(n2cccc2)CC1. The zero-order chi connectivity index (χ0) is 17.2. The molecule has 25 heavy (non-hydrogen) atoms. The van der Waals surface area contributed by atoms with Gasteiger partial charge in [-0.2, -0.15) is 0 Å². The number of piperidine rings is 1. The number of anilines is 1. The lowest BCUT2D eigenvalue weighted by atomic mass is 9.96. The van der Waals surface area contributed by atoms with Crippen LogP contribution in [0.2, 0.25) is 0 Å². The van der Waals surface area contributed by atoms with Crippen molar-refractivity contribution >= 4 is 11.6 Å². The molecule has 0 unspecified atom stereocenters. The summed E-state index contributed by atoms with van der Waals surface area (Å²) in [6.45, 7) is 4.71. The molecule has 0 bridgehead atoms. The second kappa shape index (κ2) is 7.04. The fourth-order valence-corrected chi connectivity index (χ4v) is 4.30. The maximum Gasteiger partial charge on any atom is 0.241 e. The number of nitrogens with zero attached hydrogens (tertiary/aromatic N) is 3. The first-order chi connectivity index (χ1) is 12.2. The van der Waals surface area contributed by atoms with Crippen molar-refractivity contribution in [3.63, 3.8) is 0 Å². The van der Waals surface area contributed by atoms with E-state index in [-0.39, 0.29) is 5.91 Å². The molecule has 1 aromatic heterocycles. The van der Waals surface area contributed by atoms with Crippen LogP contribution in [0.5, 0.6) is 0 Å². The van der Waals surface area contributed by atoms with Crippen LogP contribution < -0.4 is 4.90 Å². The largest absolute Gasteiger partial charge is 0.351 e. The molecule has 1 aromatic carbocycles. The third kappa shape index (κ3) is 3.36. The van der Waals surface area contributed by atoms with Crippen molar-refractivity contribution in [1.82, 2.24) is 9.47 Å². The van der Waals surface area contributed by atoms with Crippen molar-refractivity contribution in [3.8, 4) is 0 Å². The molecule has 2 aliphatic heterocycles. The minimum absolute atomic E-state index is 0.249. The van der Waals surface area contributed by atoms with Gasteiger partial charge < -0.3 is 9.47 Å². The van der Waals surface area contributed by atoms with Gasteiger partial charge in [-0.25, -0.2) is 0 Å². The number of likely N-dealkylation sites (tertiary alicyclic amines) is 1. The Morgan fingerprint density at radius 1 is 1.04 bits per heavy atom. The molecule has 132 valence electrons. The van der Waals surface area contributed by atoms with Crippen molar-refractivity contribution in [2.75, 3.05) is 24.5 Å². The van der Waals surface area contributed by atoms with Gasteiger partial charge in [0.05, 0.1) is 6.54 Å². The zero-order valence-electron chi connectivity index (χ0n) is 15.0. The third-order valence-electron chi connectivity index (χ3n) is 5.76. The average Bonchev–Trinajstić information content (AvgIpc) is 3.17. The van der Waals surface area contributed by atoms with Crippen LogP contribution in [0.1, 0.15) is 37.8 Å². The van der Waals surface area contributed by atoms with E-state index >= 15 is 0 Å². The monoisotopic (exact) mass is 337 g/mol. The molecule has 1 fully saturated rings. The number of amides is 1. The van der Waals surface area contributed by atoms with E-state index in [4.69, 9.17) is 0 Å². The fourth-order valence-electron chi connectivity index (χ4n) is 4.30. The summed E-state index contributed by atoms with van der Waals surface area (Å²) in [5.41, 5.74) is 2.42. The van der Waals surface area contributed by atoms with Crippen LogP contribution in [0.15, 0.2) is 48.8 Å². The summed E-state index contributed by atoms with van der Waals surface area (Å²) in [6.07, 6.45) is 8.67. The van der Waals surface area contributed by atoms with E-state index in [1.807, 2.05) is 11.0 Å². The summed E-state index contributed by atoms with van der Waals surface area (Å²) in [5, 5.41) is 0. The highest BCUT2D eigenvalue weighted by Crippen LogP contribution is 2.31. The van der Waals surface area contributed by atoms with Gasteiger partial charge >= 0.3 is 0 Å². The van der Waals surface area contributed by atoms with Crippen LogP contribution in [0.25, 0.3) is 0 Å². The predicted octanol–water partition coefficient (Wildman–Crippen LogP) is 3.49. The highest BCUT2D eigenvalue weighted by Gasteiger charge is 2.30. The maximum atomic E-state index is 13.0. The molecule has 2 aliphatic rings. The van der Waals surface area contributed by atoms with Gasteiger partial charge in [0.2, 0.25) is 5.91 Å². The molecular formula is C21H27N3O. The van der Waals surface area contributed by atoms with Crippen molar-refractivity contribution in [2.45, 2.75) is 44.7 Å². The Bertz CT molecular complexity index is 717. The second-order valence-corrected chi connectivity index (χ2v) is 7.42. The van der Waals surface area contributed by atoms with Crippen molar-refractivity contribution in [3.05, 3.63) is 54.4 Å². The summed E-state index contributed by atoms with van der Waals surface area (Å²) in [6, 6.07) is 13.4. The van der Waals surface area contributed by atoms with Gasteiger partial charge in [-0.15, -0.1) is 0 Å². The number of benzene rings is 1. The van der Waals surface area contributed by atoms with Gasteiger partial charge in [-0.05, 0) is 56.4 Å². The molecule has 2 aromatic rings. The first-order valence-electron chi connectivity index (χ1n) is 9.47. The topological polar surface area (TPSA) is 28.5 Å². The third-order valence-corrected chi connectivity index (χ3v) is 5.76. The smallest absolute Gasteiger partial charge is 0.241 e. The Morgan fingerprint density at radius 3 is 2.52 bits per heavy atom. The number of carbonyl (C=O) groups is 1. The molecule has 0 saturated carbocycles. The number of para-hydroxylation sites is 1. The number of rotatable bonds is 3. The van der Waals surface area contributed by atoms with Crippen molar-refractivity contribution in [1.29, 1.82) is 0 Å². The molecule has 4 heteroatoms. The van der Waals surface area contributed by atoms with E-state index in [1.165, 1.54) is 5.56 Å². The molecular weight excluding hydrogens is 310 g/mol. The first kappa shape index (κ1) is 16.4. The Hall–Kier alpha value is -2.07. The van der Waals surface area contributed by atoms with Crippen LogP contribution in [-0.4, -0.2) is 41.1 Å². The van der Waals surface area contributed by atoms with Crippen molar-refractivity contribution in [2.24, 2.45) is 0 Å². The molecule has 1 atom stereocenters. The van der Waals surface area contributed by atoms with Gasteiger partial charge in [0, 0.05) is 43.3 Å².